The highest BCUT2D eigenvalue weighted by molar-refractivity contribution is 5.54. The van der Waals surface area contributed by atoms with Crippen molar-refractivity contribution in [2.24, 2.45) is 0 Å². The van der Waals surface area contributed by atoms with Crippen molar-refractivity contribution in [3.05, 3.63) is 35.2 Å². The molecule has 0 radical (unpaired) electrons. The third kappa shape index (κ3) is 4.60. The molecule has 1 N–H and O–H groups in total. The summed E-state index contributed by atoms with van der Waals surface area (Å²) >= 11 is 0. The van der Waals surface area contributed by atoms with Gasteiger partial charge in [-0.1, -0.05) is 0 Å². The van der Waals surface area contributed by atoms with Gasteiger partial charge in [-0.2, -0.15) is 0 Å². The molecule has 146 valence electrons. The number of rotatable bonds is 8. The molecule has 0 saturated carbocycles. The lowest BCUT2D eigenvalue weighted by molar-refractivity contribution is 0.198. The number of hydrogen-bond acceptors (Lipinski definition) is 7. The number of aromatic nitrogens is 2. The predicted molar refractivity (Wildman–Crippen MR) is 106 cm³/mol. The molecule has 1 aromatic carbocycles. The van der Waals surface area contributed by atoms with Crippen molar-refractivity contribution in [2.45, 2.75) is 26.3 Å². The average molecular weight is 372 g/mol. The number of aryl methyl sites for hydroxylation is 1. The molecule has 2 heterocycles. The Morgan fingerprint density at radius 1 is 1.04 bits per heavy atom. The summed E-state index contributed by atoms with van der Waals surface area (Å²) in [6.45, 7) is 5.18. The topological polar surface area (TPSA) is 68.7 Å². The van der Waals surface area contributed by atoms with Gasteiger partial charge in [0.15, 0.2) is 11.5 Å². The van der Waals surface area contributed by atoms with Gasteiger partial charge < -0.3 is 24.4 Å². The van der Waals surface area contributed by atoms with Crippen LogP contribution in [0.15, 0.2) is 18.2 Å². The molecule has 27 heavy (non-hydrogen) atoms. The molecule has 1 aliphatic rings. The van der Waals surface area contributed by atoms with Crippen LogP contribution in [0.1, 0.15) is 23.4 Å². The first-order valence-corrected chi connectivity index (χ1v) is 9.21. The highest BCUT2D eigenvalue weighted by Crippen LogP contribution is 2.34. The van der Waals surface area contributed by atoms with E-state index in [-0.39, 0.29) is 0 Å². The minimum absolute atomic E-state index is 0.734. The summed E-state index contributed by atoms with van der Waals surface area (Å²) < 4.78 is 16.0. The second-order valence-corrected chi connectivity index (χ2v) is 6.58. The SMILES string of the molecule is COCCCNc1cc(N2CCc3cc(OC)c(OC)cc3C2)nc(C)n1. The van der Waals surface area contributed by atoms with E-state index in [0.29, 0.717) is 0 Å². The van der Waals surface area contributed by atoms with Crippen LogP contribution in [0.5, 0.6) is 11.5 Å². The first kappa shape index (κ1) is 19.2. The molecular formula is C20H28N4O3. The van der Waals surface area contributed by atoms with Crippen molar-refractivity contribution >= 4 is 11.6 Å². The second kappa shape index (κ2) is 8.90. The maximum absolute atomic E-state index is 5.46. The standard InChI is InChI=1S/C20H28N4O3/c1-14-22-19(21-7-5-9-25-2)12-20(23-14)24-8-6-15-10-17(26-3)18(27-4)11-16(15)13-24/h10-12H,5-9,13H2,1-4H3,(H,21,22,23). The third-order valence-electron chi connectivity index (χ3n) is 4.70. The fourth-order valence-corrected chi connectivity index (χ4v) is 3.32. The fraction of sp³-hybridized carbons (Fsp3) is 0.500. The molecule has 3 rings (SSSR count). The van der Waals surface area contributed by atoms with Crippen molar-refractivity contribution in [1.82, 2.24) is 9.97 Å². The molecule has 0 atom stereocenters. The zero-order valence-corrected chi connectivity index (χ0v) is 16.5. The highest BCUT2D eigenvalue weighted by Gasteiger charge is 2.21. The Bertz CT molecular complexity index is 782. The van der Waals surface area contributed by atoms with Gasteiger partial charge in [0.25, 0.3) is 0 Å². The molecule has 1 aromatic heterocycles. The number of methoxy groups -OCH3 is 3. The van der Waals surface area contributed by atoms with Crippen molar-refractivity contribution in [3.63, 3.8) is 0 Å². The third-order valence-corrected chi connectivity index (χ3v) is 4.70. The summed E-state index contributed by atoms with van der Waals surface area (Å²) in [5, 5.41) is 3.36. The Labute approximate surface area is 160 Å². The molecule has 2 aromatic rings. The lowest BCUT2D eigenvalue weighted by Gasteiger charge is -2.30. The molecule has 0 spiro atoms. The van der Waals surface area contributed by atoms with Gasteiger partial charge in [0.1, 0.15) is 17.5 Å². The second-order valence-electron chi connectivity index (χ2n) is 6.58. The summed E-state index contributed by atoms with van der Waals surface area (Å²) in [5.74, 6) is 4.10. The number of nitrogens with one attached hydrogen (secondary N) is 1. The van der Waals surface area contributed by atoms with Crippen molar-refractivity contribution in [1.29, 1.82) is 0 Å². The first-order chi connectivity index (χ1) is 13.1. The van der Waals surface area contributed by atoms with Crippen LogP contribution in [0.3, 0.4) is 0 Å². The van der Waals surface area contributed by atoms with Crippen LogP contribution < -0.4 is 19.7 Å². The number of hydrogen-bond donors (Lipinski definition) is 1. The molecule has 0 amide bonds. The van der Waals surface area contributed by atoms with Crippen LogP contribution in [-0.2, 0) is 17.7 Å². The lowest BCUT2D eigenvalue weighted by atomic mass is 9.99. The fourth-order valence-electron chi connectivity index (χ4n) is 3.32. The molecule has 0 aliphatic carbocycles. The van der Waals surface area contributed by atoms with Gasteiger partial charge in [-0.3, -0.25) is 0 Å². The molecule has 0 bridgehead atoms. The van der Waals surface area contributed by atoms with Crippen molar-refractivity contribution in [2.75, 3.05) is 51.2 Å². The Kier molecular flexibility index (Phi) is 6.34. The monoisotopic (exact) mass is 372 g/mol. The zero-order chi connectivity index (χ0) is 19.2. The highest BCUT2D eigenvalue weighted by atomic mass is 16.5. The van der Waals surface area contributed by atoms with Gasteiger partial charge in [-0.25, -0.2) is 9.97 Å². The van der Waals surface area contributed by atoms with Crippen LogP contribution in [0, 0.1) is 6.92 Å². The Hall–Kier alpha value is -2.54. The summed E-state index contributed by atoms with van der Waals surface area (Å²) in [6.07, 6.45) is 1.88. The summed E-state index contributed by atoms with van der Waals surface area (Å²) in [6, 6.07) is 6.17. The number of benzene rings is 1. The van der Waals surface area contributed by atoms with E-state index in [1.807, 2.05) is 13.0 Å². The maximum Gasteiger partial charge on any atom is 0.161 e. The molecule has 7 heteroatoms. The molecule has 1 aliphatic heterocycles. The van der Waals surface area contributed by atoms with E-state index < -0.39 is 0 Å². The van der Waals surface area contributed by atoms with Gasteiger partial charge in [0.05, 0.1) is 14.2 Å². The summed E-state index contributed by atoms with van der Waals surface area (Å²) in [5.41, 5.74) is 2.54. The van der Waals surface area contributed by atoms with Crippen LogP contribution in [-0.4, -0.2) is 51.0 Å². The van der Waals surface area contributed by atoms with Crippen LogP contribution in [0.2, 0.25) is 0 Å². The predicted octanol–water partition coefficient (Wildman–Crippen LogP) is 2.81. The van der Waals surface area contributed by atoms with E-state index in [1.54, 1.807) is 21.3 Å². The number of nitrogens with zero attached hydrogens (tertiary/aromatic N) is 3. The summed E-state index contributed by atoms with van der Waals surface area (Å²) in [4.78, 5) is 11.4. The normalized spacial score (nSPS) is 13.3. The van der Waals surface area contributed by atoms with E-state index >= 15 is 0 Å². The minimum Gasteiger partial charge on any atom is -0.493 e. The molecule has 0 saturated heterocycles. The minimum atomic E-state index is 0.734. The quantitative estimate of drug-likeness (QED) is 0.715. The van der Waals surface area contributed by atoms with Crippen molar-refractivity contribution in [3.8, 4) is 11.5 Å². The first-order valence-electron chi connectivity index (χ1n) is 9.21. The zero-order valence-electron chi connectivity index (χ0n) is 16.5. The van der Waals surface area contributed by atoms with Crippen molar-refractivity contribution < 1.29 is 14.2 Å². The van der Waals surface area contributed by atoms with Crippen LogP contribution in [0.4, 0.5) is 11.6 Å². The van der Waals surface area contributed by atoms with Gasteiger partial charge in [-0.15, -0.1) is 0 Å². The molecule has 0 unspecified atom stereocenters. The largest absolute Gasteiger partial charge is 0.493 e. The van der Waals surface area contributed by atoms with E-state index in [1.165, 1.54) is 11.1 Å². The average Bonchev–Trinajstić information content (AvgIpc) is 2.69. The van der Waals surface area contributed by atoms with E-state index in [0.717, 1.165) is 68.0 Å². The van der Waals surface area contributed by atoms with Gasteiger partial charge in [0, 0.05) is 39.4 Å². The van der Waals surface area contributed by atoms with Gasteiger partial charge in [0.2, 0.25) is 0 Å². The van der Waals surface area contributed by atoms with E-state index in [4.69, 9.17) is 14.2 Å². The summed E-state index contributed by atoms with van der Waals surface area (Å²) in [7, 11) is 5.05. The number of fused-ring (bicyclic) bond motifs is 1. The maximum atomic E-state index is 5.46. The van der Waals surface area contributed by atoms with Crippen LogP contribution in [0.25, 0.3) is 0 Å². The molecular weight excluding hydrogens is 344 g/mol. The Morgan fingerprint density at radius 3 is 2.48 bits per heavy atom. The Morgan fingerprint density at radius 2 is 1.78 bits per heavy atom. The molecule has 7 nitrogen and oxygen atoms in total. The number of anilines is 2. The van der Waals surface area contributed by atoms with E-state index in [9.17, 15) is 0 Å². The smallest absolute Gasteiger partial charge is 0.161 e. The number of ether oxygens (including phenoxy) is 3. The van der Waals surface area contributed by atoms with Gasteiger partial charge >= 0.3 is 0 Å². The van der Waals surface area contributed by atoms with Crippen LogP contribution >= 0.6 is 0 Å². The van der Waals surface area contributed by atoms with E-state index in [2.05, 4.69) is 32.3 Å². The van der Waals surface area contributed by atoms with Gasteiger partial charge in [-0.05, 0) is 43.0 Å². The Balaban J connectivity index is 1.77. The lowest BCUT2D eigenvalue weighted by Crippen LogP contribution is -2.31. The molecule has 0 fully saturated rings.